The van der Waals surface area contributed by atoms with Crippen LogP contribution in [0.3, 0.4) is 0 Å². The highest BCUT2D eigenvalue weighted by Gasteiger charge is 2.53. The number of rotatable bonds is 10. The molecule has 0 unspecified atom stereocenters. The number of esters is 4. The molecule has 1 fully saturated rings. The SMILES string of the molecule is CCc1ccc(Cc2c(O[C@@H]3S[C@H](COC(C)=O)[C@@H](OC(C)=O)[C@H](OC(C)=O)[C@H]3OC(C)=O)n[nH]c2C)cc1. The Bertz CT molecular complexity index is 1180. The van der Waals surface area contributed by atoms with Gasteiger partial charge in [0.2, 0.25) is 5.88 Å². The predicted molar refractivity (Wildman–Crippen MR) is 141 cm³/mol. The van der Waals surface area contributed by atoms with Gasteiger partial charge in [0.1, 0.15) is 6.61 Å². The summed E-state index contributed by atoms with van der Waals surface area (Å²) in [7, 11) is 0. The zero-order valence-corrected chi connectivity index (χ0v) is 23.7. The molecule has 0 bridgehead atoms. The number of aromatic amines is 1. The summed E-state index contributed by atoms with van der Waals surface area (Å²) in [5.41, 5.74) is 2.91. The molecule has 1 saturated heterocycles. The van der Waals surface area contributed by atoms with Crippen LogP contribution < -0.4 is 4.74 Å². The van der Waals surface area contributed by atoms with Crippen molar-refractivity contribution in [3.63, 3.8) is 0 Å². The van der Waals surface area contributed by atoms with Gasteiger partial charge >= 0.3 is 23.9 Å². The molecule has 3 rings (SSSR count). The lowest BCUT2D eigenvalue weighted by Crippen LogP contribution is -2.59. The molecule has 2 aromatic rings. The summed E-state index contributed by atoms with van der Waals surface area (Å²) in [6.07, 6.45) is -2.02. The third-order valence-electron chi connectivity index (χ3n) is 6.02. The largest absolute Gasteiger partial charge is 0.465 e. The summed E-state index contributed by atoms with van der Waals surface area (Å²) >= 11 is 1.13. The van der Waals surface area contributed by atoms with Crippen molar-refractivity contribution < 1.29 is 42.9 Å². The van der Waals surface area contributed by atoms with Gasteiger partial charge < -0.3 is 23.7 Å². The molecule has 1 N–H and O–H groups in total. The molecular formula is C27H34N2O9S. The number of aryl methyl sites for hydroxylation is 2. The van der Waals surface area contributed by atoms with Crippen LogP contribution in [0.5, 0.6) is 5.88 Å². The molecule has 212 valence electrons. The number of aromatic nitrogens is 2. The third kappa shape index (κ3) is 8.22. The molecule has 5 atom stereocenters. The molecule has 1 aromatic heterocycles. The second kappa shape index (κ2) is 13.5. The highest BCUT2D eigenvalue weighted by atomic mass is 32.2. The lowest BCUT2D eigenvalue weighted by atomic mass is 10.0. The molecule has 1 aromatic carbocycles. The van der Waals surface area contributed by atoms with Crippen LogP contribution in [-0.2, 0) is 51.0 Å². The van der Waals surface area contributed by atoms with Crippen molar-refractivity contribution in [2.24, 2.45) is 0 Å². The van der Waals surface area contributed by atoms with E-state index in [0.29, 0.717) is 6.42 Å². The standard InChI is InChI=1S/C27H34N2O9S/c1-7-19-8-10-20(11-9-19)12-21-14(2)28-29-26(21)38-27-25(37-18(6)33)24(36-17(5)32)23(35-16(4)31)22(39-27)13-34-15(3)30/h8-11,22-25,27H,7,12-13H2,1-6H3,(H,28,29)/t22-,23-,24+,25-,27-/m1/s1. The Morgan fingerprint density at radius 1 is 0.846 bits per heavy atom. The molecule has 0 aliphatic carbocycles. The van der Waals surface area contributed by atoms with Gasteiger partial charge in [-0.15, -0.1) is 16.9 Å². The first kappa shape index (κ1) is 30.0. The van der Waals surface area contributed by atoms with E-state index in [1.807, 2.05) is 19.1 Å². The lowest BCUT2D eigenvalue weighted by molar-refractivity contribution is -0.190. The maximum Gasteiger partial charge on any atom is 0.303 e. The van der Waals surface area contributed by atoms with Crippen molar-refractivity contribution in [1.29, 1.82) is 0 Å². The van der Waals surface area contributed by atoms with Gasteiger partial charge in [-0.1, -0.05) is 31.2 Å². The molecule has 12 heteroatoms. The summed E-state index contributed by atoms with van der Waals surface area (Å²) in [5.74, 6) is -2.25. The van der Waals surface area contributed by atoms with Crippen LogP contribution in [0.15, 0.2) is 24.3 Å². The smallest absolute Gasteiger partial charge is 0.303 e. The number of nitrogens with zero attached hydrogens (tertiary/aromatic N) is 1. The number of thioether (sulfide) groups is 1. The fourth-order valence-corrected chi connectivity index (χ4v) is 5.59. The second-order valence-corrected chi connectivity index (χ2v) is 10.5. The molecular weight excluding hydrogens is 528 g/mol. The number of hydrogen-bond donors (Lipinski definition) is 1. The Balaban J connectivity index is 1.97. The first-order chi connectivity index (χ1) is 18.5. The van der Waals surface area contributed by atoms with Crippen molar-refractivity contribution in [2.75, 3.05) is 6.61 Å². The van der Waals surface area contributed by atoms with E-state index in [1.165, 1.54) is 33.3 Å². The van der Waals surface area contributed by atoms with Gasteiger partial charge in [-0.3, -0.25) is 24.3 Å². The Morgan fingerprint density at radius 3 is 1.97 bits per heavy atom. The maximum absolute atomic E-state index is 12.1. The van der Waals surface area contributed by atoms with Gasteiger partial charge in [0.25, 0.3) is 0 Å². The van der Waals surface area contributed by atoms with Crippen molar-refractivity contribution in [1.82, 2.24) is 10.2 Å². The van der Waals surface area contributed by atoms with Crippen molar-refractivity contribution in [3.05, 3.63) is 46.6 Å². The van der Waals surface area contributed by atoms with Crippen LogP contribution in [0, 0.1) is 6.92 Å². The third-order valence-corrected chi connectivity index (χ3v) is 7.41. The van der Waals surface area contributed by atoms with Crippen LogP contribution in [0.1, 0.15) is 57.0 Å². The minimum absolute atomic E-state index is 0.168. The van der Waals surface area contributed by atoms with Gasteiger partial charge in [0.15, 0.2) is 23.7 Å². The van der Waals surface area contributed by atoms with Gasteiger partial charge in [0.05, 0.1) is 5.25 Å². The number of ether oxygens (including phenoxy) is 5. The minimum atomic E-state index is -1.23. The maximum atomic E-state index is 12.1. The van der Waals surface area contributed by atoms with Crippen molar-refractivity contribution in [3.8, 4) is 5.88 Å². The number of nitrogens with one attached hydrogen (secondary N) is 1. The van der Waals surface area contributed by atoms with Crippen LogP contribution in [0.4, 0.5) is 0 Å². The predicted octanol–water partition coefficient (Wildman–Crippen LogP) is 3.05. The number of H-pyrrole nitrogens is 1. The van der Waals surface area contributed by atoms with Crippen LogP contribution in [-0.4, -0.2) is 69.7 Å². The van der Waals surface area contributed by atoms with Gasteiger partial charge in [0, 0.05) is 45.4 Å². The van der Waals surface area contributed by atoms with E-state index < -0.39 is 52.9 Å². The number of hydrogen-bond acceptors (Lipinski definition) is 11. The molecule has 0 saturated carbocycles. The summed E-state index contributed by atoms with van der Waals surface area (Å²) in [6, 6.07) is 8.22. The van der Waals surface area contributed by atoms with Crippen LogP contribution >= 0.6 is 11.8 Å². The molecule has 1 aliphatic rings. The molecule has 11 nitrogen and oxygen atoms in total. The summed E-state index contributed by atoms with van der Waals surface area (Å²) in [5, 5.41) is 6.56. The Hall–Kier alpha value is -3.54. The number of carbonyl (C=O) groups excluding carboxylic acids is 4. The van der Waals surface area contributed by atoms with Gasteiger partial charge in [-0.25, -0.2) is 0 Å². The topological polar surface area (TPSA) is 143 Å². The zero-order chi connectivity index (χ0) is 28.7. The molecule has 2 heterocycles. The van der Waals surface area contributed by atoms with Gasteiger partial charge in [-0.2, -0.15) is 0 Å². The van der Waals surface area contributed by atoms with E-state index in [1.54, 1.807) is 0 Å². The number of benzene rings is 1. The highest BCUT2D eigenvalue weighted by molar-refractivity contribution is 8.00. The first-order valence-corrected chi connectivity index (χ1v) is 13.5. The van der Waals surface area contributed by atoms with Crippen molar-refractivity contribution >= 4 is 35.6 Å². The number of carbonyl (C=O) groups is 4. The fraction of sp³-hybridized carbons (Fsp3) is 0.519. The van der Waals surface area contributed by atoms with E-state index in [4.69, 9.17) is 23.7 Å². The fourth-order valence-electron chi connectivity index (χ4n) is 4.23. The zero-order valence-electron chi connectivity index (χ0n) is 22.8. The summed E-state index contributed by atoms with van der Waals surface area (Å²) in [4.78, 5) is 47.7. The average Bonchev–Trinajstić information content (AvgIpc) is 3.19. The van der Waals surface area contributed by atoms with E-state index in [0.717, 1.165) is 35.0 Å². The lowest BCUT2D eigenvalue weighted by Gasteiger charge is -2.43. The van der Waals surface area contributed by atoms with Crippen LogP contribution in [0.2, 0.25) is 0 Å². The minimum Gasteiger partial charge on any atom is -0.465 e. The highest BCUT2D eigenvalue weighted by Crippen LogP contribution is 2.40. The van der Waals surface area contributed by atoms with E-state index in [9.17, 15) is 19.2 Å². The monoisotopic (exact) mass is 562 g/mol. The van der Waals surface area contributed by atoms with Crippen molar-refractivity contribution in [2.45, 2.75) is 83.4 Å². The molecule has 0 spiro atoms. The Morgan fingerprint density at radius 2 is 1.41 bits per heavy atom. The first-order valence-electron chi connectivity index (χ1n) is 12.6. The molecule has 0 radical (unpaired) electrons. The summed E-state index contributed by atoms with van der Waals surface area (Å²) < 4.78 is 28.1. The quantitative estimate of drug-likeness (QED) is 0.337. The van der Waals surface area contributed by atoms with E-state index in [2.05, 4.69) is 29.3 Å². The Labute approximate surface area is 231 Å². The summed E-state index contributed by atoms with van der Waals surface area (Å²) in [6.45, 7) is 8.64. The normalized spacial score (nSPS) is 22.5. The average molecular weight is 563 g/mol. The van der Waals surface area contributed by atoms with E-state index >= 15 is 0 Å². The van der Waals surface area contributed by atoms with Gasteiger partial charge in [-0.05, 0) is 24.5 Å². The molecule has 0 amide bonds. The van der Waals surface area contributed by atoms with Crippen LogP contribution in [0.25, 0.3) is 0 Å². The Kier molecular flexibility index (Phi) is 10.4. The molecule has 1 aliphatic heterocycles. The second-order valence-electron chi connectivity index (χ2n) is 9.16. The van der Waals surface area contributed by atoms with E-state index in [-0.39, 0.29) is 12.5 Å². The molecule has 39 heavy (non-hydrogen) atoms.